The first-order chi connectivity index (χ1) is 10.5. The Labute approximate surface area is 135 Å². The standard InChI is InChI=1S/C14H14FN3O2S2/c1-9(13(20)18-14-16-6-7-21-14)22-8-12(19)17-11-4-2-10(15)3-5-11/h2-7,9H,8H2,1H3,(H,17,19)(H,16,18,20)/t9-/m0/s1. The smallest absolute Gasteiger partial charge is 0.239 e. The number of hydrogen-bond donors (Lipinski definition) is 2. The van der Waals surface area contributed by atoms with Gasteiger partial charge in [-0.3, -0.25) is 9.59 Å². The fourth-order valence-electron chi connectivity index (χ4n) is 1.50. The molecule has 0 saturated carbocycles. The van der Waals surface area contributed by atoms with Crippen molar-refractivity contribution < 1.29 is 14.0 Å². The molecule has 0 bridgehead atoms. The van der Waals surface area contributed by atoms with E-state index in [1.807, 2.05) is 0 Å². The van der Waals surface area contributed by atoms with E-state index in [-0.39, 0.29) is 28.6 Å². The number of anilines is 2. The van der Waals surface area contributed by atoms with E-state index in [0.29, 0.717) is 10.8 Å². The van der Waals surface area contributed by atoms with Gasteiger partial charge in [0.15, 0.2) is 5.13 Å². The summed E-state index contributed by atoms with van der Waals surface area (Å²) in [6.45, 7) is 1.72. The highest BCUT2D eigenvalue weighted by Crippen LogP contribution is 2.16. The fraction of sp³-hybridized carbons (Fsp3) is 0.214. The average molecular weight is 339 g/mol. The number of thioether (sulfide) groups is 1. The molecule has 22 heavy (non-hydrogen) atoms. The SMILES string of the molecule is C[C@H](SCC(=O)Nc1ccc(F)cc1)C(=O)Nc1nccs1. The third kappa shape index (κ3) is 5.12. The van der Waals surface area contributed by atoms with Crippen LogP contribution in [0.3, 0.4) is 0 Å². The molecule has 0 fully saturated rings. The van der Waals surface area contributed by atoms with Crippen LogP contribution in [0.4, 0.5) is 15.2 Å². The second kappa shape index (κ2) is 7.90. The fourth-order valence-corrected chi connectivity index (χ4v) is 2.71. The maximum atomic E-state index is 12.8. The van der Waals surface area contributed by atoms with Crippen molar-refractivity contribution in [2.75, 3.05) is 16.4 Å². The van der Waals surface area contributed by atoms with E-state index in [1.165, 1.54) is 47.4 Å². The number of aromatic nitrogens is 1. The number of carbonyl (C=O) groups is 2. The van der Waals surface area contributed by atoms with Crippen molar-refractivity contribution in [2.24, 2.45) is 0 Å². The van der Waals surface area contributed by atoms with Gasteiger partial charge in [-0.2, -0.15) is 0 Å². The summed E-state index contributed by atoms with van der Waals surface area (Å²) in [5.74, 6) is -0.677. The molecule has 5 nitrogen and oxygen atoms in total. The number of amides is 2. The van der Waals surface area contributed by atoms with Gasteiger partial charge in [-0.1, -0.05) is 0 Å². The van der Waals surface area contributed by atoms with Gasteiger partial charge in [-0.25, -0.2) is 9.37 Å². The molecule has 1 aromatic heterocycles. The number of nitrogens with zero attached hydrogens (tertiary/aromatic N) is 1. The number of hydrogen-bond acceptors (Lipinski definition) is 5. The third-order valence-corrected chi connectivity index (χ3v) is 4.46. The molecule has 8 heteroatoms. The highest BCUT2D eigenvalue weighted by atomic mass is 32.2. The molecule has 116 valence electrons. The van der Waals surface area contributed by atoms with Gasteiger partial charge in [0, 0.05) is 17.3 Å². The van der Waals surface area contributed by atoms with Crippen molar-refractivity contribution in [1.29, 1.82) is 0 Å². The minimum absolute atomic E-state index is 0.129. The normalized spacial score (nSPS) is 11.7. The van der Waals surface area contributed by atoms with E-state index in [4.69, 9.17) is 0 Å². The van der Waals surface area contributed by atoms with Crippen LogP contribution in [-0.4, -0.2) is 27.8 Å². The zero-order chi connectivity index (χ0) is 15.9. The molecule has 0 radical (unpaired) electrons. The highest BCUT2D eigenvalue weighted by molar-refractivity contribution is 8.01. The van der Waals surface area contributed by atoms with Crippen LogP contribution in [-0.2, 0) is 9.59 Å². The van der Waals surface area contributed by atoms with E-state index in [9.17, 15) is 14.0 Å². The van der Waals surface area contributed by atoms with Crippen LogP contribution in [0, 0.1) is 5.82 Å². The zero-order valence-corrected chi connectivity index (χ0v) is 13.3. The van der Waals surface area contributed by atoms with E-state index in [1.54, 1.807) is 18.5 Å². The summed E-state index contributed by atoms with van der Waals surface area (Å²) in [5, 5.41) is 7.23. The molecule has 2 aromatic rings. The van der Waals surface area contributed by atoms with Crippen molar-refractivity contribution in [1.82, 2.24) is 4.98 Å². The Morgan fingerprint density at radius 3 is 2.68 bits per heavy atom. The third-order valence-electron chi connectivity index (χ3n) is 2.62. The maximum Gasteiger partial charge on any atom is 0.239 e. The second-order valence-corrected chi connectivity index (χ2v) is 6.56. The molecule has 0 aliphatic heterocycles. The minimum Gasteiger partial charge on any atom is -0.325 e. The molecule has 0 saturated heterocycles. The summed E-state index contributed by atoms with van der Waals surface area (Å²) >= 11 is 2.55. The lowest BCUT2D eigenvalue weighted by atomic mass is 10.3. The number of thiazole rings is 1. The van der Waals surface area contributed by atoms with E-state index >= 15 is 0 Å². The molecule has 1 heterocycles. The van der Waals surface area contributed by atoms with Crippen molar-refractivity contribution in [3.05, 3.63) is 41.7 Å². The van der Waals surface area contributed by atoms with Crippen LogP contribution in [0.2, 0.25) is 0 Å². The summed E-state index contributed by atoms with van der Waals surface area (Å²) in [6, 6.07) is 5.51. The van der Waals surface area contributed by atoms with Crippen molar-refractivity contribution in [3.8, 4) is 0 Å². The van der Waals surface area contributed by atoms with Crippen molar-refractivity contribution >= 4 is 45.7 Å². The topological polar surface area (TPSA) is 71.1 Å². The number of rotatable bonds is 6. The average Bonchev–Trinajstić information content (AvgIpc) is 3.00. The predicted molar refractivity (Wildman–Crippen MR) is 87.7 cm³/mol. The Morgan fingerprint density at radius 2 is 2.05 bits per heavy atom. The van der Waals surface area contributed by atoms with Gasteiger partial charge in [-0.05, 0) is 31.2 Å². The van der Waals surface area contributed by atoms with Crippen LogP contribution >= 0.6 is 23.1 Å². The Kier molecular flexibility index (Phi) is 5.91. The van der Waals surface area contributed by atoms with Crippen molar-refractivity contribution in [2.45, 2.75) is 12.2 Å². The molecule has 1 aromatic carbocycles. The van der Waals surface area contributed by atoms with Gasteiger partial charge in [0.1, 0.15) is 5.82 Å². The summed E-state index contributed by atoms with van der Waals surface area (Å²) in [6.07, 6.45) is 1.61. The molecular formula is C14H14FN3O2S2. The lowest BCUT2D eigenvalue weighted by Crippen LogP contribution is -2.24. The quantitative estimate of drug-likeness (QED) is 0.849. The number of nitrogens with one attached hydrogen (secondary N) is 2. The Balaban J connectivity index is 1.75. The Bertz CT molecular complexity index is 632. The van der Waals surface area contributed by atoms with E-state index in [2.05, 4.69) is 15.6 Å². The Hall–Kier alpha value is -1.93. The molecule has 0 aliphatic rings. The number of carbonyl (C=O) groups excluding carboxylic acids is 2. The number of benzene rings is 1. The molecule has 2 N–H and O–H groups in total. The maximum absolute atomic E-state index is 12.8. The minimum atomic E-state index is -0.386. The monoisotopic (exact) mass is 339 g/mol. The summed E-state index contributed by atoms with van der Waals surface area (Å²) in [5.41, 5.74) is 0.520. The summed E-state index contributed by atoms with van der Waals surface area (Å²) in [7, 11) is 0. The Morgan fingerprint density at radius 1 is 1.32 bits per heavy atom. The van der Waals surface area contributed by atoms with Crippen LogP contribution in [0.25, 0.3) is 0 Å². The first kappa shape index (κ1) is 16.4. The van der Waals surface area contributed by atoms with Crippen LogP contribution in [0.1, 0.15) is 6.92 Å². The predicted octanol–water partition coefficient (Wildman–Crippen LogP) is 2.98. The van der Waals surface area contributed by atoms with Crippen LogP contribution in [0.5, 0.6) is 0 Å². The summed E-state index contributed by atoms with van der Waals surface area (Å²) < 4.78 is 12.8. The van der Waals surface area contributed by atoms with Crippen LogP contribution in [0.15, 0.2) is 35.8 Å². The lowest BCUT2D eigenvalue weighted by Gasteiger charge is -2.10. The van der Waals surface area contributed by atoms with E-state index < -0.39 is 0 Å². The largest absolute Gasteiger partial charge is 0.325 e. The van der Waals surface area contributed by atoms with Crippen molar-refractivity contribution in [3.63, 3.8) is 0 Å². The number of halogens is 1. The van der Waals surface area contributed by atoms with Gasteiger partial charge in [0.05, 0.1) is 11.0 Å². The van der Waals surface area contributed by atoms with Crippen LogP contribution < -0.4 is 10.6 Å². The second-order valence-electron chi connectivity index (χ2n) is 4.33. The first-order valence-electron chi connectivity index (χ1n) is 6.42. The highest BCUT2D eigenvalue weighted by Gasteiger charge is 2.16. The van der Waals surface area contributed by atoms with E-state index in [0.717, 1.165) is 0 Å². The molecule has 2 rings (SSSR count). The molecule has 0 aliphatic carbocycles. The summed E-state index contributed by atoms with van der Waals surface area (Å²) in [4.78, 5) is 27.6. The van der Waals surface area contributed by atoms with Gasteiger partial charge in [0.25, 0.3) is 0 Å². The molecule has 1 atom stereocenters. The van der Waals surface area contributed by atoms with Gasteiger partial charge < -0.3 is 10.6 Å². The molecule has 0 spiro atoms. The molecule has 2 amide bonds. The van der Waals surface area contributed by atoms with Gasteiger partial charge in [-0.15, -0.1) is 23.1 Å². The molecule has 0 unspecified atom stereocenters. The first-order valence-corrected chi connectivity index (χ1v) is 8.35. The van der Waals surface area contributed by atoms with Gasteiger partial charge in [0.2, 0.25) is 11.8 Å². The lowest BCUT2D eigenvalue weighted by molar-refractivity contribution is -0.115. The van der Waals surface area contributed by atoms with Gasteiger partial charge >= 0.3 is 0 Å². The molecular weight excluding hydrogens is 325 g/mol. The zero-order valence-electron chi connectivity index (χ0n) is 11.7.